The number of hydrogen-bond donors (Lipinski definition) is 0. The van der Waals surface area contributed by atoms with E-state index in [-0.39, 0.29) is 16.8 Å². The number of rotatable bonds is 11. The highest BCUT2D eigenvalue weighted by Gasteiger charge is 2.30. The Bertz CT molecular complexity index is 1000. The van der Waals surface area contributed by atoms with Crippen LogP contribution in [0.1, 0.15) is 101 Å². The zero-order chi connectivity index (χ0) is 28.7. The van der Waals surface area contributed by atoms with Crippen LogP contribution in [-0.4, -0.2) is 29.2 Å². The monoisotopic (exact) mass is 510 g/mol. The van der Waals surface area contributed by atoms with Gasteiger partial charge in [0.15, 0.2) is 5.78 Å². The second-order valence-corrected chi connectivity index (χ2v) is 12.0. The van der Waals surface area contributed by atoms with Crippen LogP contribution in [0, 0.1) is 0 Å². The summed E-state index contributed by atoms with van der Waals surface area (Å²) < 4.78 is 18.1. The van der Waals surface area contributed by atoms with Gasteiger partial charge in [-0.2, -0.15) is 0 Å². The van der Waals surface area contributed by atoms with Gasteiger partial charge >= 0.3 is 0 Å². The molecule has 0 N–H and O–H groups in total. The zero-order valence-electron chi connectivity index (χ0n) is 25.4. The lowest BCUT2D eigenvalue weighted by Gasteiger charge is -2.30. The first-order valence-electron chi connectivity index (χ1n) is 13.4. The van der Waals surface area contributed by atoms with Crippen molar-refractivity contribution in [3.05, 3.63) is 71.8 Å². The topological polar surface area (TPSA) is 44.8 Å². The van der Waals surface area contributed by atoms with Gasteiger partial charge in [0, 0.05) is 11.8 Å². The van der Waals surface area contributed by atoms with Crippen LogP contribution < -0.4 is 9.47 Å². The van der Waals surface area contributed by atoms with Crippen molar-refractivity contribution in [2.75, 3.05) is 6.61 Å². The Balaban J connectivity index is 0.00000334. The minimum atomic E-state index is -0.883. The van der Waals surface area contributed by atoms with Gasteiger partial charge in [-0.1, -0.05) is 58.5 Å². The van der Waals surface area contributed by atoms with Crippen LogP contribution in [0.25, 0.3) is 0 Å². The van der Waals surface area contributed by atoms with E-state index in [1.165, 1.54) is 11.1 Å². The number of ketones is 1. The number of hydrogen-bond acceptors (Lipinski definition) is 4. The van der Waals surface area contributed by atoms with Crippen molar-refractivity contribution in [2.45, 2.75) is 112 Å². The average Bonchev–Trinajstić information content (AvgIpc) is 2.79. The van der Waals surface area contributed by atoms with Crippen LogP contribution in [0.3, 0.4) is 0 Å². The lowest BCUT2D eigenvalue weighted by molar-refractivity contribution is -0.137. The summed E-state index contributed by atoms with van der Waals surface area (Å²) in [4.78, 5) is 12.2. The smallest absolute Gasteiger partial charge is 0.189 e. The molecule has 0 saturated heterocycles. The largest absolute Gasteiger partial charge is 0.488 e. The number of benzene rings is 2. The van der Waals surface area contributed by atoms with Crippen LogP contribution in [0.5, 0.6) is 11.5 Å². The van der Waals surface area contributed by atoms with E-state index in [9.17, 15) is 4.79 Å². The molecule has 0 aliphatic rings. The molecule has 4 heteroatoms. The standard InChI is InChI=1S/C31H44O4.C2H6/c1-22(2)27(32)31(10,11)33-21-20-29(6,7)35-26-18-14-24(15-19-26)30(8,9)23-12-16-25(17-13-23)34-28(3,4)5;1-2/h12-19H,1,20-21H2,2-11H3;1-2H3. The highest BCUT2D eigenvalue weighted by Crippen LogP contribution is 2.34. The van der Waals surface area contributed by atoms with Crippen molar-refractivity contribution < 1.29 is 19.0 Å². The molecule has 0 bridgehead atoms. The third-order valence-corrected chi connectivity index (χ3v) is 6.07. The Labute approximate surface area is 226 Å². The summed E-state index contributed by atoms with van der Waals surface area (Å²) in [6.07, 6.45) is 0.649. The Morgan fingerprint density at radius 2 is 1.14 bits per heavy atom. The molecule has 0 aliphatic carbocycles. The van der Waals surface area contributed by atoms with Gasteiger partial charge in [-0.05, 0) is 96.4 Å². The summed E-state index contributed by atoms with van der Waals surface area (Å²) >= 11 is 0. The van der Waals surface area contributed by atoms with E-state index in [1.54, 1.807) is 20.8 Å². The minimum Gasteiger partial charge on any atom is -0.488 e. The first-order valence-corrected chi connectivity index (χ1v) is 13.4. The molecule has 0 radical (unpaired) electrons. The molecule has 2 aromatic rings. The summed E-state index contributed by atoms with van der Waals surface area (Å²) in [5, 5.41) is 0. The van der Waals surface area contributed by atoms with E-state index < -0.39 is 11.2 Å². The van der Waals surface area contributed by atoms with Crippen LogP contribution in [-0.2, 0) is 14.9 Å². The van der Waals surface area contributed by atoms with Crippen molar-refractivity contribution >= 4 is 5.78 Å². The van der Waals surface area contributed by atoms with Gasteiger partial charge in [0.2, 0.25) is 0 Å². The van der Waals surface area contributed by atoms with Crippen LogP contribution in [0.4, 0.5) is 0 Å². The van der Waals surface area contributed by atoms with Crippen LogP contribution >= 0.6 is 0 Å². The molecule has 2 aromatic carbocycles. The molecule has 2 rings (SSSR count). The van der Waals surface area contributed by atoms with Gasteiger partial charge in [-0.3, -0.25) is 4.79 Å². The fourth-order valence-corrected chi connectivity index (χ4v) is 3.90. The normalized spacial score (nSPS) is 12.3. The number of carbonyl (C=O) groups is 1. The molecule has 0 saturated carbocycles. The summed E-state index contributed by atoms with van der Waals surface area (Å²) in [6, 6.07) is 16.6. The summed E-state index contributed by atoms with van der Waals surface area (Å²) in [7, 11) is 0. The molecule has 0 amide bonds. The molecule has 0 atom stereocenters. The fraction of sp³-hybridized carbons (Fsp3) is 0.545. The Kier molecular flexibility index (Phi) is 11.2. The third-order valence-electron chi connectivity index (χ3n) is 6.07. The number of carbonyl (C=O) groups excluding carboxylic acids is 1. The third kappa shape index (κ3) is 10.0. The molecule has 37 heavy (non-hydrogen) atoms. The second kappa shape index (κ2) is 12.8. The Hall–Kier alpha value is -2.59. The highest BCUT2D eigenvalue weighted by molar-refractivity contribution is 6.00. The molecule has 0 aliphatic heterocycles. The first-order chi connectivity index (χ1) is 16.9. The fourth-order valence-electron chi connectivity index (χ4n) is 3.90. The maximum absolute atomic E-state index is 12.2. The van der Waals surface area contributed by atoms with Gasteiger partial charge < -0.3 is 14.2 Å². The summed E-state index contributed by atoms with van der Waals surface area (Å²) in [5.74, 6) is 1.60. The van der Waals surface area contributed by atoms with Crippen molar-refractivity contribution in [2.24, 2.45) is 0 Å². The highest BCUT2D eigenvalue weighted by atomic mass is 16.5. The van der Waals surface area contributed by atoms with E-state index in [0.29, 0.717) is 18.6 Å². The molecule has 4 nitrogen and oxygen atoms in total. The minimum absolute atomic E-state index is 0.0780. The van der Waals surface area contributed by atoms with Crippen LogP contribution in [0.15, 0.2) is 60.7 Å². The molecule has 0 heterocycles. The van der Waals surface area contributed by atoms with Gasteiger partial charge in [-0.15, -0.1) is 0 Å². The van der Waals surface area contributed by atoms with E-state index in [4.69, 9.17) is 14.2 Å². The van der Waals surface area contributed by atoms with E-state index in [2.05, 4.69) is 44.7 Å². The summed E-state index contributed by atoms with van der Waals surface area (Å²) in [6.45, 7) is 28.1. The van der Waals surface area contributed by atoms with Gasteiger partial charge in [0.1, 0.15) is 28.3 Å². The molecule has 0 aromatic heterocycles. The molecular weight excluding hydrogens is 460 g/mol. The lowest BCUT2D eigenvalue weighted by Crippen LogP contribution is -2.38. The predicted molar refractivity (Wildman–Crippen MR) is 156 cm³/mol. The van der Waals surface area contributed by atoms with Crippen molar-refractivity contribution in [3.8, 4) is 11.5 Å². The molecule has 206 valence electrons. The Morgan fingerprint density at radius 1 is 0.730 bits per heavy atom. The zero-order valence-corrected chi connectivity index (χ0v) is 25.4. The molecule has 0 fully saturated rings. The van der Waals surface area contributed by atoms with Gasteiger partial charge in [0.05, 0.1) is 6.61 Å². The van der Waals surface area contributed by atoms with E-state index in [1.807, 2.05) is 72.7 Å². The van der Waals surface area contributed by atoms with Crippen LogP contribution in [0.2, 0.25) is 0 Å². The van der Waals surface area contributed by atoms with Crippen molar-refractivity contribution in [3.63, 3.8) is 0 Å². The molecule has 0 spiro atoms. The quantitative estimate of drug-likeness (QED) is 0.284. The number of ether oxygens (including phenoxy) is 3. The molecular formula is C33H50O4. The van der Waals surface area contributed by atoms with Crippen molar-refractivity contribution in [1.82, 2.24) is 0 Å². The number of Topliss-reactive ketones (excluding diaryl/α,β-unsaturated/α-hetero) is 1. The predicted octanol–water partition coefficient (Wildman–Crippen LogP) is 8.70. The average molecular weight is 511 g/mol. The maximum Gasteiger partial charge on any atom is 0.189 e. The van der Waals surface area contributed by atoms with E-state index in [0.717, 1.165) is 11.5 Å². The second-order valence-electron chi connectivity index (χ2n) is 12.0. The van der Waals surface area contributed by atoms with E-state index >= 15 is 0 Å². The van der Waals surface area contributed by atoms with Gasteiger partial charge in [-0.25, -0.2) is 0 Å². The van der Waals surface area contributed by atoms with Crippen molar-refractivity contribution in [1.29, 1.82) is 0 Å². The molecule has 0 unspecified atom stereocenters. The summed E-state index contributed by atoms with van der Waals surface area (Å²) in [5.41, 5.74) is 1.22. The lowest BCUT2D eigenvalue weighted by atomic mass is 9.78. The van der Waals surface area contributed by atoms with Gasteiger partial charge in [0.25, 0.3) is 0 Å². The maximum atomic E-state index is 12.2. The Morgan fingerprint density at radius 3 is 1.51 bits per heavy atom. The first kappa shape index (κ1) is 32.4. The SMILES string of the molecule is C=C(C)C(=O)C(C)(C)OCCC(C)(C)Oc1ccc(C(C)(C)c2ccc(OC(C)(C)C)cc2)cc1.CC.